The molecule has 0 unspecified atom stereocenters. The molecule has 0 saturated heterocycles. The number of hydrogen-bond acceptors (Lipinski definition) is 2. The number of terminal acetylenes is 1. The molecule has 1 N–H and O–H groups in total. The summed E-state index contributed by atoms with van der Waals surface area (Å²) in [5.74, 6) is 2.55. The number of fused-ring (bicyclic) bond motifs is 1. The Morgan fingerprint density at radius 2 is 2.09 bits per heavy atom. The first kappa shape index (κ1) is 14.4. The third kappa shape index (κ3) is 2.63. The van der Waals surface area contributed by atoms with Crippen molar-refractivity contribution in [1.82, 2.24) is 0 Å². The van der Waals surface area contributed by atoms with Crippen molar-refractivity contribution in [2.45, 2.75) is 6.92 Å². The lowest BCUT2D eigenvalue weighted by Gasteiger charge is -2.04. The van der Waals surface area contributed by atoms with Gasteiger partial charge < -0.3 is 9.73 Å². The van der Waals surface area contributed by atoms with Gasteiger partial charge in [-0.05, 0) is 43.3 Å². The molecular weight excluding hydrogens is 342 g/mol. The summed E-state index contributed by atoms with van der Waals surface area (Å²) in [5.41, 5.74) is 2.84. The third-order valence-electron chi connectivity index (χ3n) is 3.39. The molecule has 22 heavy (non-hydrogen) atoms. The van der Waals surface area contributed by atoms with Gasteiger partial charge in [-0.1, -0.05) is 27.9 Å². The van der Waals surface area contributed by atoms with Crippen LogP contribution in [0.2, 0.25) is 0 Å². The molecule has 1 amide bonds. The molecule has 108 valence electrons. The summed E-state index contributed by atoms with van der Waals surface area (Å²) in [4.78, 5) is 12.4. The van der Waals surface area contributed by atoms with E-state index < -0.39 is 0 Å². The zero-order valence-corrected chi connectivity index (χ0v) is 13.4. The van der Waals surface area contributed by atoms with E-state index in [1.807, 2.05) is 25.1 Å². The lowest BCUT2D eigenvalue weighted by Crippen LogP contribution is -2.12. The summed E-state index contributed by atoms with van der Waals surface area (Å²) in [7, 11) is 0. The van der Waals surface area contributed by atoms with E-state index in [9.17, 15) is 4.79 Å². The predicted octanol–water partition coefficient (Wildman–Crippen LogP) is 4.74. The molecule has 3 nitrogen and oxygen atoms in total. The molecule has 0 aliphatic heterocycles. The van der Waals surface area contributed by atoms with Crippen LogP contribution in [0.15, 0.2) is 51.4 Å². The van der Waals surface area contributed by atoms with Gasteiger partial charge in [0.2, 0.25) is 0 Å². The Labute approximate surface area is 136 Å². The van der Waals surface area contributed by atoms with Gasteiger partial charge in [0.05, 0.1) is 0 Å². The molecule has 1 aromatic heterocycles. The molecule has 3 aromatic rings. The van der Waals surface area contributed by atoms with Gasteiger partial charge in [0.15, 0.2) is 5.76 Å². The minimum Gasteiger partial charge on any atom is -0.451 e. The van der Waals surface area contributed by atoms with Crippen LogP contribution in [0.4, 0.5) is 5.69 Å². The molecule has 0 radical (unpaired) electrons. The van der Waals surface area contributed by atoms with Crippen LogP contribution in [0.1, 0.15) is 21.7 Å². The SMILES string of the molecule is C#Cc1cccc(NC(=O)c2oc3ccc(Br)cc3c2C)c1. The molecule has 0 bridgehead atoms. The van der Waals surface area contributed by atoms with E-state index in [0.29, 0.717) is 22.6 Å². The Morgan fingerprint density at radius 3 is 2.86 bits per heavy atom. The van der Waals surface area contributed by atoms with Crippen LogP contribution in [0.5, 0.6) is 0 Å². The van der Waals surface area contributed by atoms with Gasteiger partial charge >= 0.3 is 0 Å². The number of anilines is 1. The molecule has 0 atom stereocenters. The lowest BCUT2D eigenvalue weighted by atomic mass is 10.1. The van der Waals surface area contributed by atoms with Crippen molar-refractivity contribution in [2.75, 3.05) is 5.32 Å². The van der Waals surface area contributed by atoms with E-state index in [1.165, 1.54) is 0 Å². The van der Waals surface area contributed by atoms with Crippen molar-refractivity contribution in [2.24, 2.45) is 0 Å². The minimum absolute atomic E-state index is 0.293. The normalized spacial score (nSPS) is 10.4. The van der Waals surface area contributed by atoms with Crippen molar-refractivity contribution in [3.8, 4) is 12.3 Å². The highest BCUT2D eigenvalue weighted by Gasteiger charge is 2.18. The van der Waals surface area contributed by atoms with Gasteiger partial charge in [-0.15, -0.1) is 6.42 Å². The number of nitrogens with one attached hydrogen (secondary N) is 1. The maximum atomic E-state index is 12.4. The summed E-state index contributed by atoms with van der Waals surface area (Å²) in [6, 6.07) is 12.8. The highest BCUT2D eigenvalue weighted by molar-refractivity contribution is 9.10. The van der Waals surface area contributed by atoms with Crippen molar-refractivity contribution < 1.29 is 9.21 Å². The summed E-state index contributed by atoms with van der Waals surface area (Å²) in [5, 5.41) is 3.72. The number of halogens is 1. The predicted molar refractivity (Wildman–Crippen MR) is 91.0 cm³/mol. The Kier molecular flexibility index (Phi) is 3.74. The number of hydrogen-bond donors (Lipinski definition) is 1. The maximum Gasteiger partial charge on any atom is 0.291 e. The van der Waals surface area contributed by atoms with Gasteiger partial charge in [-0.3, -0.25) is 4.79 Å². The average molecular weight is 354 g/mol. The van der Waals surface area contributed by atoms with Crippen LogP contribution in [0.3, 0.4) is 0 Å². The topological polar surface area (TPSA) is 42.2 Å². The van der Waals surface area contributed by atoms with E-state index in [2.05, 4.69) is 27.2 Å². The Morgan fingerprint density at radius 1 is 1.27 bits per heavy atom. The van der Waals surface area contributed by atoms with E-state index in [1.54, 1.807) is 24.3 Å². The molecular formula is C18H12BrNO2. The number of amides is 1. The van der Waals surface area contributed by atoms with Crippen molar-refractivity contribution >= 4 is 38.5 Å². The van der Waals surface area contributed by atoms with E-state index >= 15 is 0 Å². The number of benzene rings is 2. The maximum absolute atomic E-state index is 12.4. The summed E-state index contributed by atoms with van der Waals surface area (Å²) in [6.45, 7) is 1.87. The second-order valence-corrected chi connectivity index (χ2v) is 5.79. The minimum atomic E-state index is -0.293. The molecule has 4 heteroatoms. The third-order valence-corrected chi connectivity index (χ3v) is 3.88. The first-order chi connectivity index (χ1) is 10.6. The molecule has 3 rings (SSSR count). The van der Waals surface area contributed by atoms with Gasteiger partial charge in [-0.25, -0.2) is 0 Å². The quantitative estimate of drug-likeness (QED) is 0.676. The van der Waals surface area contributed by atoms with Crippen molar-refractivity contribution in [3.63, 3.8) is 0 Å². The molecule has 2 aromatic carbocycles. The fourth-order valence-corrected chi connectivity index (χ4v) is 2.65. The molecule has 0 aliphatic carbocycles. The monoisotopic (exact) mass is 353 g/mol. The number of rotatable bonds is 2. The standard InChI is InChI=1S/C18H12BrNO2/c1-3-12-5-4-6-14(9-12)20-18(21)17-11(2)15-10-13(19)7-8-16(15)22-17/h1,4-10H,2H3,(H,20,21). The highest BCUT2D eigenvalue weighted by Crippen LogP contribution is 2.28. The lowest BCUT2D eigenvalue weighted by molar-refractivity contribution is 0.0998. The van der Waals surface area contributed by atoms with Crippen LogP contribution in [0, 0.1) is 19.3 Å². The number of aryl methyl sites for hydroxylation is 1. The first-order valence-corrected chi connectivity index (χ1v) is 7.44. The van der Waals surface area contributed by atoms with E-state index in [-0.39, 0.29) is 5.91 Å². The van der Waals surface area contributed by atoms with E-state index in [4.69, 9.17) is 10.8 Å². The highest BCUT2D eigenvalue weighted by atomic mass is 79.9. The van der Waals surface area contributed by atoms with Gasteiger partial charge in [0.1, 0.15) is 5.58 Å². The number of furan rings is 1. The first-order valence-electron chi connectivity index (χ1n) is 6.65. The second-order valence-electron chi connectivity index (χ2n) is 4.88. The van der Waals surface area contributed by atoms with Crippen molar-refractivity contribution in [3.05, 3.63) is 63.8 Å². The van der Waals surface area contributed by atoms with Gasteiger partial charge in [0.25, 0.3) is 5.91 Å². The number of carbonyl (C=O) groups is 1. The molecule has 0 fully saturated rings. The zero-order chi connectivity index (χ0) is 15.7. The Bertz CT molecular complexity index is 918. The van der Waals surface area contributed by atoms with Gasteiger partial charge in [-0.2, -0.15) is 0 Å². The number of carbonyl (C=O) groups excluding carboxylic acids is 1. The van der Waals surface area contributed by atoms with Crippen LogP contribution in [-0.2, 0) is 0 Å². The fourth-order valence-electron chi connectivity index (χ4n) is 2.28. The summed E-state index contributed by atoms with van der Waals surface area (Å²) in [6.07, 6.45) is 5.36. The smallest absolute Gasteiger partial charge is 0.291 e. The summed E-state index contributed by atoms with van der Waals surface area (Å²) < 4.78 is 6.61. The average Bonchev–Trinajstić information content (AvgIpc) is 2.84. The molecule has 0 spiro atoms. The molecule has 1 heterocycles. The van der Waals surface area contributed by atoms with Crippen LogP contribution in [-0.4, -0.2) is 5.91 Å². The largest absolute Gasteiger partial charge is 0.451 e. The van der Waals surface area contributed by atoms with Crippen LogP contribution >= 0.6 is 15.9 Å². The second kappa shape index (κ2) is 5.70. The summed E-state index contributed by atoms with van der Waals surface area (Å²) >= 11 is 3.42. The Balaban J connectivity index is 1.95. The molecule has 0 aliphatic rings. The Hall–Kier alpha value is -2.51. The van der Waals surface area contributed by atoms with E-state index in [0.717, 1.165) is 15.4 Å². The van der Waals surface area contributed by atoms with Crippen LogP contribution in [0.25, 0.3) is 11.0 Å². The zero-order valence-electron chi connectivity index (χ0n) is 11.8. The van der Waals surface area contributed by atoms with Crippen molar-refractivity contribution in [1.29, 1.82) is 0 Å². The molecule has 0 saturated carbocycles. The fraction of sp³-hybridized carbons (Fsp3) is 0.0556. The van der Waals surface area contributed by atoms with Gasteiger partial charge in [0, 0.05) is 26.7 Å². The van der Waals surface area contributed by atoms with Crippen LogP contribution < -0.4 is 5.32 Å².